The predicted molar refractivity (Wildman–Crippen MR) is 76.8 cm³/mol. The zero-order chi connectivity index (χ0) is 13.9. The molecule has 0 aliphatic heterocycles. The molecule has 2 N–H and O–H groups in total. The van der Waals surface area contributed by atoms with E-state index in [0.717, 1.165) is 18.7 Å². The molecule has 0 saturated heterocycles. The summed E-state index contributed by atoms with van der Waals surface area (Å²) >= 11 is 0. The fraction of sp³-hybridized carbons (Fsp3) is 0.467. The monoisotopic (exact) mass is 258 g/mol. The first kappa shape index (κ1) is 13.7. The summed E-state index contributed by atoms with van der Waals surface area (Å²) in [5.41, 5.74) is 7.36. The lowest BCUT2D eigenvalue weighted by molar-refractivity contribution is 0.419. The fourth-order valence-electron chi connectivity index (χ4n) is 2.32. The van der Waals surface area contributed by atoms with Crippen molar-refractivity contribution in [3.8, 4) is 0 Å². The molecule has 0 amide bonds. The van der Waals surface area contributed by atoms with Gasteiger partial charge in [-0.2, -0.15) is 5.10 Å². The van der Waals surface area contributed by atoms with Gasteiger partial charge < -0.3 is 5.73 Å². The standard InChI is InChI=1S/C15H22N4/c1-12(2)19-14(17-11-18-19)10-15(3,16)9-13-7-5-4-6-8-13/h4-8,11-12H,9-10,16H2,1-3H3. The van der Waals surface area contributed by atoms with Gasteiger partial charge in [-0.1, -0.05) is 30.3 Å². The summed E-state index contributed by atoms with van der Waals surface area (Å²) in [4.78, 5) is 4.34. The van der Waals surface area contributed by atoms with Crippen LogP contribution in [0.4, 0.5) is 0 Å². The van der Waals surface area contributed by atoms with Crippen LogP contribution < -0.4 is 5.73 Å². The van der Waals surface area contributed by atoms with Crippen molar-refractivity contribution in [3.05, 3.63) is 48.0 Å². The molecule has 2 aromatic rings. The van der Waals surface area contributed by atoms with E-state index in [4.69, 9.17) is 5.73 Å². The Bertz CT molecular complexity index is 514. The Hall–Kier alpha value is -1.68. The van der Waals surface area contributed by atoms with Crippen LogP contribution in [0.15, 0.2) is 36.7 Å². The topological polar surface area (TPSA) is 56.7 Å². The van der Waals surface area contributed by atoms with E-state index in [2.05, 4.69) is 43.0 Å². The van der Waals surface area contributed by atoms with E-state index in [-0.39, 0.29) is 5.54 Å². The fourth-order valence-corrected chi connectivity index (χ4v) is 2.32. The van der Waals surface area contributed by atoms with E-state index in [0.29, 0.717) is 6.04 Å². The van der Waals surface area contributed by atoms with Crippen molar-refractivity contribution in [2.24, 2.45) is 5.73 Å². The number of hydrogen-bond acceptors (Lipinski definition) is 3. The van der Waals surface area contributed by atoms with Crippen LogP contribution in [0.2, 0.25) is 0 Å². The van der Waals surface area contributed by atoms with Crippen molar-refractivity contribution in [1.82, 2.24) is 14.8 Å². The molecule has 1 aromatic carbocycles. The van der Waals surface area contributed by atoms with Gasteiger partial charge in [0, 0.05) is 18.0 Å². The Labute approximate surface area is 114 Å². The molecular formula is C15H22N4. The summed E-state index contributed by atoms with van der Waals surface area (Å²) in [6.45, 7) is 6.27. The van der Waals surface area contributed by atoms with E-state index in [9.17, 15) is 0 Å². The second-order valence-electron chi connectivity index (χ2n) is 5.71. The van der Waals surface area contributed by atoms with Crippen LogP contribution in [0.1, 0.15) is 38.2 Å². The molecule has 1 unspecified atom stereocenters. The Morgan fingerprint density at radius 1 is 1.21 bits per heavy atom. The first-order chi connectivity index (χ1) is 8.98. The quantitative estimate of drug-likeness (QED) is 0.895. The summed E-state index contributed by atoms with van der Waals surface area (Å²) in [5, 5.41) is 4.26. The average molecular weight is 258 g/mol. The van der Waals surface area contributed by atoms with Crippen LogP contribution in [-0.4, -0.2) is 20.3 Å². The number of rotatable bonds is 5. The van der Waals surface area contributed by atoms with Crippen LogP contribution in [0.3, 0.4) is 0 Å². The molecule has 1 atom stereocenters. The van der Waals surface area contributed by atoms with Gasteiger partial charge in [0.05, 0.1) is 0 Å². The van der Waals surface area contributed by atoms with Gasteiger partial charge in [0.1, 0.15) is 12.2 Å². The minimum Gasteiger partial charge on any atom is -0.325 e. The molecule has 19 heavy (non-hydrogen) atoms. The highest BCUT2D eigenvalue weighted by Crippen LogP contribution is 2.17. The SMILES string of the molecule is CC(C)n1ncnc1CC(C)(N)Cc1ccccc1. The predicted octanol–water partition coefficient (Wildman–Crippen LogP) is 2.36. The highest BCUT2D eigenvalue weighted by molar-refractivity contribution is 5.18. The number of aromatic nitrogens is 3. The Kier molecular flexibility index (Phi) is 4.00. The van der Waals surface area contributed by atoms with Gasteiger partial charge in [0.15, 0.2) is 0 Å². The minimum atomic E-state index is -0.318. The molecular weight excluding hydrogens is 236 g/mol. The molecule has 0 bridgehead atoms. The first-order valence-electron chi connectivity index (χ1n) is 6.69. The Balaban J connectivity index is 2.10. The van der Waals surface area contributed by atoms with E-state index in [1.54, 1.807) is 6.33 Å². The normalized spacial score (nSPS) is 14.6. The lowest BCUT2D eigenvalue weighted by Crippen LogP contribution is -2.41. The van der Waals surface area contributed by atoms with Crippen LogP contribution in [0.5, 0.6) is 0 Å². The van der Waals surface area contributed by atoms with Gasteiger partial charge in [0.2, 0.25) is 0 Å². The second-order valence-corrected chi connectivity index (χ2v) is 5.71. The highest BCUT2D eigenvalue weighted by atomic mass is 15.3. The molecule has 0 radical (unpaired) electrons. The van der Waals surface area contributed by atoms with Crippen LogP contribution in [0, 0.1) is 0 Å². The molecule has 4 heteroatoms. The molecule has 1 aromatic heterocycles. The smallest absolute Gasteiger partial charge is 0.138 e. The van der Waals surface area contributed by atoms with Gasteiger partial charge in [-0.05, 0) is 32.8 Å². The van der Waals surface area contributed by atoms with Gasteiger partial charge in [-0.3, -0.25) is 0 Å². The van der Waals surface area contributed by atoms with E-state index >= 15 is 0 Å². The molecule has 0 fully saturated rings. The molecule has 1 heterocycles. The third-order valence-electron chi connectivity index (χ3n) is 3.15. The number of nitrogens with two attached hydrogens (primary N) is 1. The molecule has 2 rings (SSSR count). The van der Waals surface area contributed by atoms with Crippen molar-refractivity contribution in [2.45, 2.75) is 45.2 Å². The molecule has 0 aliphatic rings. The highest BCUT2D eigenvalue weighted by Gasteiger charge is 2.23. The first-order valence-corrected chi connectivity index (χ1v) is 6.69. The average Bonchev–Trinajstić information content (AvgIpc) is 2.77. The van der Waals surface area contributed by atoms with Crippen molar-refractivity contribution < 1.29 is 0 Å². The minimum absolute atomic E-state index is 0.310. The van der Waals surface area contributed by atoms with Crippen LogP contribution >= 0.6 is 0 Å². The third-order valence-corrected chi connectivity index (χ3v) is 3.15. The third kappa shape index (κ3) is 3.64. The molecule has 4 nitrogen and oxygen atoms in total. The summed E-state index contributed by atoms with van der Waals surface area (Å²) in [6.07, 6.45) is 3.16. The van der Waals surface area contributed by atoms with Gasteiger partial charge in [0.25, 0.3) is 0 Å². The van der Waals surface area contributed by atoms with Gasteiger partial charge in [-0.25, -0.2) is 9.67 Å². The maximum Gasteiger partial charge on any atom is 0.138 e. The van der Waals surface area contributed by atoms with Crippen molar-refractivity contribution in [3.63, 3.8) is 0 Å². The summed E-state index contributed by atoms with van der Waals surface area (Å²) in [7, 11) is 0. The molecule has 0 aliphatic carbocycles. The van der Waals surface area contributed by atoms with Crippen molar-refractivity contribution >= 4 is 0 Å². The summed E-state index contributed by atoms with van der Waals surface area (Å²) in [5.74, 6) is 0.955. The number of hydrogen-bond donors (Lipinski definition) is 1. The van der Waals surface area contributed by atoms with Crippen molar-refractivity contribution in [1.29, 1.82) is 0 Å². The molecule has 0 spiro atoms. The second kappa shape index (κ2) is 5.53. The summed E-state index contributed by atoms with van der Waals surface area (Å²) < 4.78 is 1.94. The maximum atomic E-state index is 6.43. The largest absolute Gasteiger partial charge is 0.325 e. The zero-order valence-corrected chi connectivity index (χ0v) is 11.9. The Morgan fingerprint density at radius 2 is 1.89 bits per heavy atom. The maximum absolute atomic E-state index is 6.43. The number of benzene rings is 1. The molecule has 0 saturated carbocycles. The van der Waals surface area contributed by atoms with Crippen molar-refractivity contribution in [2.75, 3.05) is 0 Å². The number of nitrogens with zero attached hydrogens (tertiary/aromatic N) is 3. The zero-order valence-electron chi connectivity index (χ0n) is 11.9. The van der Waals surface area contributed by atoms with E-state index in [1.807, 2.05) is 22.9 Å². The van der Waals surface area contributed by atoms with E-state index < -0.39 is 0 Å². The van der Waals surface area contributed by atoms with Crippen LogP contribution in [-0.2, 0) is 12.8 Å². The van der Waals surface area contributed by atoms with Gasteiger partial charge >= 0.3 is 0 Å². The lowest BCUT2D eigenvalue weighted by atomic mass is 9.90. The van der Waals surface area contributed by atoms with E-state index in [1.165, 1.54) is 5.56 Å². The lowest BCUT2D eigenvalue weighted by Gasteiger charge is -2.25. The summed E-state index contributed by atoms with van der Waals surface area (Å²) in [6, 6.07) is 10.6. The molecule has 102 valence electrons. The van der Waals surface area contributed by atoms with Crippen LogP contribution in [0.25, 0.3) is 0 Å². The van der Waals surface area contributed by atoms with Gasteiger partial charge in [-0.15, -0.1) is 0 Å². The Morgan fingerprint density at radius 3 is 2.53 bits per heavy atom.